The molecule has 1 aromatic heterocycles. The van der Waals surface area contributed by atoms with Gasteiger partial charge in [0.25, 0.3) is 5.91 Å². The van der Waals surface area contributed by atoms with Crippen LogP contribution in [0.3, 0.4) is 0 Å². The summed E-state index contributed by atoms with van der Waals surface area (Å²) in [6.07, 6.45) is 9.50. The highest BCUT2D eigenvalue weighted by atomic mass is 35.5. The van der Waals surface area contributed by atoms with Crippen molar-refractivity contribution in [3.05, 3.63) is 57.8 Å². The molecule has 2 saturated carbocycles. The number of carbonyl (C=O) groups is 3. The molecule has 0 saturated heterocycles. The smallest absolute Gasteiger partial charge is 0.331 e. The lowest BCUT2D eigenvalue weighted by Gasteiger charge is -2.50. The number of aromatic nitrogens is 1. The maximum atomic E-state index is 13.2. The maximum Gasteiger partial charge on any atom is 0.331 e. The number of aliphatic imine (C=N–C) groups is 1. The van der Waals surface area contributed by atoms with Gasteiger partial charge in [-0.05, 0) is 43.9 Å². The zero-order valence-corrected chi connectivity index (χ0v) is 23.3. The van der Waals surface area contributed by atoms with Crippen molar-refractivity contribution in [2.75, 3.05) is 11.9 Å². The number of nitrogens with zero attached hydrogens (tertiary/aromatic N) is 2. The summed E-state index contributed by atoms with van der Waals surface area (Å²) in [7, 11) is 0. The minimum absolute atomic E-state index is 0.152. The van der Waals surface area contributed by atoms with Crippen molar-refractivity contribution in [1.29, 1.82) is 0 Å². The zero-order valence-electron chi connectivity index (χ0n) is 21.8. The zero-order chi connectivity index (χ0) is 27.3. The number of esters is 1. The molecule has 1 aromatic carbocycles. The quantitative estimate of drug-likeness (QED) is 0.354. The molecule has 1 N–H and O–H groups in total. The van der Waals surface area contributed by atoms with Gasteiger partial charge < -0.3 is 10.1 Å². The Balaban J connectivity index is 1.54. The molecule has 0 radical (unpaired) electrons. The number of amides is 1. The minimum Gasteiger partial charge on any atom is -0.464 e. The van der Waals surface area contributed by atoms with Crippen LogP contribution in [0.25, 0.3) is 0 Å². The van der Waals surface area contributed by atoms with Crippen LogP contribution in [0.1, 0.15) is 74.7 Å². The fraction of sp³-hybridized carbons (Fsp3) is 0.483. The number of Topliss-reactive ketones (excluding diaryl/α,β-unsaturated/α-hetero) is 1. The van der Waals surface area contributed by atoms with Crippen LogP contribution >= 0.6 is 23.2 Å². The van der Waals surface area contributed by atoms with Crippen LogP contribution in [0.5, 0.6) is 0 Å². The van der Waals surface area contributed by atoms with Gasteiger partial charge in [-0.15, -0.1) is 0 Å². The molecule has 2 aliphatic rings. The molecule has 1 spiro atoms. The summed E-state index contributed by atoms with van der Waals surface area (Å²) in [4.78, 5) is 47.7. The lowest BCUT2D eigenvalue weighted by molar-refractivity contribution is -0.144. The molecule has 0 aliphatic heterocycles. The second-order valence-electron chi connectivity index (χ2n) is 9.96. The van der Waals surface area contributed by atoms with Gasteiger partial charge in [-0.25, -0.2) is 4.79 Å². The Morgan fingerprint density at radius 3 is 2.37 bits per heavy atom. The van der Waals surface area contributed by atoms with E-state index in [-0.39, 0.29) is 34.1 Å². The highest BCUT2D eigenvalue weighted by molar-refractivity contribution is 6.40. The number of nitrogens with one attached hydrogen (secondary N) is 1. The van der Waals surface area contributed by atoms with E-state index in [4.69, 9.17) is 32.9 Å². The van der Waals surface area contributed by atoms with Gasteiger partial charge in [0, 0.05) is 30.2 Å². The average molecular weight is 559 g/mol. The van der Waals surface area contributed by atoms with Crippen LogP contribution in [0, 0.1) is 11.3 Å². The second-order valence-corrected chi connectivity index (χ2v) is 10.8. The molecule has 4 rings (SSSR count). The van der Waals surface area contributed by atoms with Crippen LogP contribution in [-0.2, 0) is 20.7 Å². The molecule has 2 aliphatic carbocycles. The van der Waals surface area contributed by atoms with Gasteiger partial charge in [-0.3, -0.25) is 19.6 Å². The van der Waals surface area contributed by atoms with E-state index < -0.39 is 17.4 Å². The van der Waals surface area contributed by atoms with Gasteiger partial charge >= 0.3 is 5.97 Å². The van der Waals surface area contributed by atoms with E-state index in [1.54, 1.807) is 19.1 Å². The van der Waals surface area contributed by atoms with E-state index >= 15 is 0 Å². The molecule has 1 heterocycles. The largest absolute Gasteiger partial charge is 0.464 e. The fourth-order valence-corrected chi connectivity index (χ4v) is 6.16. The third kappa shape index (κ3) is 5.79. The minimum atomic E-state index is -0.730. The third-order valence-corrected chi connectivity index (χ3v) is 8.04. The van der Waals surface area contributed by atoms with Gasteiger partial charge in [0.1, 0.15) is 0 Å². The van der Waals surface area contributed by atoms with Crippen LogP contribution in [-0.4, -0.2) is 41.0 Å². The Kier molecular flexibility index (Phi) is 9.21. The van der Waals surface area contributed by atoms with Gasteiger partial charge in [0.05, 0.1) is 33.5 Å². The first-order chi connectivity index (χ1) is 18.3. The first kappa shape index (κ1) is 28.2. The maximum absolute atomic E-state index is 13.2. The monoisotopic (exact) mass is 557 g/mol. The highest BCUT2D eigenvalue weighted by Gasteiger charge is 2.58. The van der Waals surface area contributed by atoms with Crippen molar-refractivity contribution in [1.82, 2.24) is 4.98 Å². The van der Waals surface area contributed by atoms with Crippen molar-refractivity contribution in [2.45, 2.75) is 71.3 Å². The lowest BCUT2D eigenvalue weighted by atomic mass is 9.52. The van der Waals surface area contributed by atoms with Crippen molar-refractivity contribution in [3.8, 4) is 0 Å². The van der Waals surface area contributed by atoms with Gasteiger partial charge in [0.2, 0.25) is 0 Å². The molecule has 202 valence electrons. The number of ether oxygens (including phenoxy) is 1. The van der Waals surface area contributed by atoms with Gasteiger partial charge in [-0.1, -0.05) is 67.9 Å². The molecular formula is C29H33Cl2N3O4. The average Bonchev–Trinajstić information content (AvgIpc) is 2.91. The van der Waals surface area contributed by atoms with Crippen molar-refractivity contribution in [2.24, 2.45) is 16.3 Å². The van der Waals surface area contributed by atoms with E-state index in [2.05, 4.69) is 17.2 Å². The van der Waals surface area contributed by atoms with Crippen molar-refractivity contribution in [3.63, 3.8) is 0 Å². The number of halogens is 2. The van der Waals surface area contributed by atoms with Crippen LogP contribution in [0.15, 0.2) is 41.7 Å². The normalized spacial score (nSPS) is 20.2. The van der Waals surface area contributed by atoms with E-state index in [0.717, 1.165) is 56.2 Å². The summed E-state index contributed by atoms with van der Waals surface area (Å²) in [5, 5.41) is 3.11. The van der Waals surface area contributed by atoms with Crippen LogP contribution in [0.2, 0.25) is 10.0 Å². The SMILES string of the molecule is CCCC1C(=O)C2(CCCCC2)C1=N[C@@H](Cc1ccc(NC(=O)c2c(Cl)cncc2Cl)cc1)C(=O)OCC. The number of rotatable bonds is 9. The van der Waals surface area contributed by atoms with Gasteiger partial charge in [0.15, 0.2) is 11.8 Å². The Labute approximate surface area is 233 Å². The first-order valence-corrected chi connectivity index (χ1v) is 14.0. The molecular weight excluding hydrogens is 525 g/mol. The molecule has 2 aromatic rings. The Morgan fingerprint density at radius 2 is 1.76 bits per heavy atom. The number of benzene rings is 1. The molecule has 1 unspecified atom stereocenters. The van der Waals surface area contributed by atoms with Gasteiger partial charge in [-0.2, -0.15) is 0 Å². The molecule has 38 heavy (non-hydrogen) atoms. The van der Waals surface area contributed by atoms with E-state index in [1.807, 2.05) is 12.1 Å². The standard InChI is InChI=1S/C29H33Cl2N3O4/c1-3-8-20-25(29(26(20)35)13-6-5-7-14-29)34-23(28(37)38-4-2)15-18-9-11-19(12-10-18)33-27(36)24-21(30)16-32-17-22(24)31/h9-12,16-17,20,23H,3-8,13-15H2,1-2H3,(H,33,36)/t20?,23-/m0/s1. The van der Waals surface area contributed by atoms with E-state index in [9.17, 15) is 14.4 Å². The van der Waals surface area contributed by atoms with Crippen molar-refractivity contribution < 1.29 is 19.1 Å². The summed E-state index contributed by atoms with van der Waals surface area (Å²) in [6.45, 7) is 4.10. The number of carbonyl (C=O) groups excluding carboxylic acids is 3. The molecule has 2 fully saturated rings. The van der Waals surface area contributed by atoms with E-state index in [0.29, 0.717) is 17.9 Å². The Morgan fingerprint density at radius 1 is 1.11 bits per heavy atom. The lowest BCUT2D eigenvalue weighted by Crippen LogP contribution is -2.60. The number of hydrogen-bond donors (Lipinski definition) is 1. The summed E-state index contributed by atoms with van der Waals surface area (Å²) in [5.74, 6) is -0.727. The predicted molar refractivity (Wildman–Crippen MR) is 149 cm³/mol. The summed E-state index contributed by atoms with van der Waals surface area (Å²) in [5.41, 5.74) is 1.97. The number of anilines is 1. The third-order valence-electron chi connectivity index (χ3n) is 7.47. The number of pyridine rings is 1. The number of hydrogen-bond acceptors (Lipinski definition) is 6. The van der Waals surface area contributed by atoms with Crippen LogP contribution < -0.4 is 5.32 Å². The summed E-state index contributed by atoms with van der Waals surface area (Å²) >= 11 is 12.2. The molecule has 1 amide bonds. The molecule has 2 atom stereocenters. The molecule has 7 nitrogen and oxygen atoms in total. The Bertz CT molecular complexity index is 1200. The highest BCUT2D eigenvalue weighted by Crippen LogP contribution is 2.51. The van der Waals surface area contributed by atoms with Crippen LogP contribution in [0.4, 0.5) is 5.69 Å². The van der Waals surface area contributed by atoms with E-state index in [1.165, 1.54) is 12.4 Å². The molecule has 0 bridgehead atoms. The predicted octanol–water partition coefficient (Wildman–Crippen LogP) is 6.51. The topological polar surface area (TPSA) is 97.7 Å². The second kappa shape index (κ2) is 12.4. The summed E-state index contributed by atoms with van der Waals surface area (Å²) < 4.78 is 5.37. The first-order valence-electron chi connectivity index (χ1n) is 13.3. The fourth-order valence-electron chi connectivity index (χ4n) is 5.62. The molecule has 9 heteroatoms. The Hall–Kier alpha value is -2.77. The van der Waals surface area contributed by atoms with Crippen molar-refractivity contribution >= 4 is 52.3 Å². The summed E-state index contributed by atoms with van der Waals surface area (Å²) in [6, 6.07) is 6.45. The number of ketones is 1.